The minimum atomic E-state index is 0.839. The molecule has 0 radical (unpaired) electrons. The smallest absolute Gasteiger partial charge is 0.163 e. The fourth-order valence-corrected chi connectivity index (χ4v) is 5.38. The maximum atomic E-state index is 6.57. The molecule has 0 aliphatic heterocycles. The standard InChI is InChI=1S/C29H16N2O2/c1-4-10-21-18(7-1)24-25-19-8-2-5-11-22(19)32-28(25)26-20-9-3-6-12-23(20)33-29(26)27(24)31(21)17-13-15-30-16-14-17/h1-16H. The van der Waals surface area contributed by atoms with E-state index in [1.165, 1.54) is 5.39 Å². The summed E-state index contributed by atoms with van der Waals surface area (Å²) in [5.74, 6) is 0. The Morgan fingerprint density at radius 1 is 0.545 bits per heavy atom. The molecule has 0 atom stereocenters. The fourth-order valence-electron chi connectivity index (χ4n) is 5.38. The quantitative estimate of drug-likeness (QED) is 0.268. The summed E-state index contributed by atoms with van der Waals surface area (Å²) in [7, 11) is 0. The number of hydrogen-bond acceptors (Lipinski definition) is 3. The first kappa shape index (κ1) is 17.0. The summed E-state index contributed by atoms with van der Waals surface area (Å²) in [4.78, 5) is 4.24. The summed E-state index contributed by atoms with van der Waals surface area (Å²) in [6.07, 6.45) is 3.66. The second kappa shape index (κ2) is 6.02. The van der Waals surface area contributed by atoms with E-state index in [1.54, 1.807) is 0 Å². The van der Waals surface area contributed by atoms with Gasteiger partial charge in [0, 0.05) is 45.0 Å². The molecule has 0 unspecified atom stereocenters. The number of hydrogen-bond donors (Lipinski definition) is 0. The van der Waals surface area contributed by atoms with E-state index in [2.05, 4.69) is 52.0 Å². The third-order valence-electron chi connectivity index (χ3n) is 6.68. The molecule has 4 aromatic carbocycles. The molecule has 0 saturated carbocycles. The maximum Gasteiger partial charge on any atom is 0.163 e. The van der Waals surface area contributed by atoms with Crippen LogP contribution in [-0.4, -0.2) is 9.55 Å². The van der Waals surface area contributed by atoms with Crippen molar-refractivity contribution in [3.05, 3.63) is 97.3 Å². The molecule has 0 spiro atoms. The zero-order chi connectivity index (χ0) is 21.5. The van der Waals surface area contributed by atoms with Crippen LogP contribution in [-0.2, 0) is 0 Å². The molecular formula is C29H16N2O2. The van der Waals surface area contributed by atoms with Gasteiger partial charge in [0.25, 0.3) is 0 Å². The molecule has 8 rings (SSSR count). The summed E-state index contributed by atoms with van der Waals surface area (Å²) in [5.41, 5.74) is 6.67. The first-order valence-electron chi connectivity index (χ1n) is 11.0. The van der Waals surface area contributed by atoms with Crippen LogP contribution in [0.5, 0.6) is 0 Å². The van der Waals surface area contributed by atoms with Crippen molar-refractivity contribution < 1.29 is 8.83 Å². The Labute approximate surface area is 187 Å². The van der Waals surface area contributed by atoms with Crippen LogP contribution in [0.4, 0.5) is 0 Å². The number of nitrogens with zero attached hydrogens (tertiary/aromatic N) is 2. The molecule has 154 valence electrons. The van der Waals surface area contributed by atoms with E-state index in [0.717, 1.165) is 66.0 Å². The predicted molar refractivity (Wildman–Crippen MR) is 133 cm³/mol. The number of furan rings is 2. The second-order valence-electron chi connectivity index (χ2n) is 8.39. The molecule has 4 nitrogen and oxygen atoms in total. The molecule has 4 heterocycles. The maximum absolute atomic E-state index is 6.57. The first-order chi connectivity index (χ1) is 16.4. The number of benzene rings is 4. The van der Waals surface area contributed by atoms with Crippen LogP contribution in [0.25, 0.3) is 71.4 Å². The van der Waals surface area contributed by atoms with Crippen molar-refractivity contribution in [1.29, 1.82) is 0 Å². The third-order valence-corrected chi connectivity index (χ3v) is 6.68. The van der Waals surface area contributed by atoms with Gasteiger partial charge in [0.15, 0.2) is 5.58 Å². The van der Waals surface area contributed by atoms with Crippen LogP contribution in [0.15, 0.2) is 106 Å². The van der Waals surface area contributed by atoms with Crippen molar-refractivity contribution in [3.63, 3.8) is 0 Å². The normalized spacial score (nSPS) is 12.2. The van der Waals surface area contributed by atoms with Crippen molar-refractivity contribution >= 4 is 65.7 Å². The van der Waals surface area contributed by atoms with Gasteiger partial charge in [-0.15, -0.1) is 0 Å². The Hall–Kier alpha value is -4.57. The molecule has 0 N–H and O–H groups in total. The van der Waals surface area contributed by atoms with E-state index in [9.17, 15) is 0 Å². The second-order valence-corrected chi connectivity index (χ2v) is 8.39. The Bertz CT molecular complexity index is 2020. The van der Waals surface area contributed by atoms with Crippen LogP contribution in [0.1, 0.15) is 0 Å². The van der Waals surface area contributed by atoms with E-state index in [1.807, 2.05) is 54.9 Å². The van der Waals surface area contributed by atoms with Crippen LogP contribution < -0.4 is 0 Å². The SMILES string of the molecule is c1ccc2c(c1)oc1c2c2oc3ccccc3c2c2c3ccccc3n(-c3ccncc3)c12. The van der Waals surface area contributed by atoms with Crippen molar-refractivity contribution in [3.8, 4) is 5.69 Å². The molecule has 0 aliphatic carbocycles. The zero-order valence-electron chi connectivity index (χ0n) is 17.4. The molecule has 0 saturated heterocycles. The molecule has 0 fully saturated rings. The van der Waals surface area contributed by atoms with Crippen molar-refractivity contribution in [2.24, 2.45) is 0 Å². The predicted octanol–water partition coefficient (Wildman–Crippen LogP) is 7.98. The van der Waals surface area contributed by atoms with Gasteiger partial charge in [0.05, 0.1) is 16.4 Å². The van der Waals surface area contributed by atoms with Crippen LogP contribution in [0.2, 0.25) is 0 Å². The van der Waals surface area contributed by atoms with Gasteiger partial charge >= 0.3 is 0 Å². The van der Waals surface area contributed by atoms with Gasteiger partial charge in [-0.3, -0.25) is 4.98 Å². The lowest BCUT2D eigenvalue weighted by Crippen LogP contribution is -1.94. The fraction of sp³-hybridized carbons (Fsp3) is 0. The number of aromatic nitrogens is 2. The van der Waals surface area contributed by atoms with Gasteiger partial charge in [-0.05, 0) is 30.3 Å². The highest BCUT2D eigenvalue weighted by Gasteiger charge is 2.26. The lowest BCUT2D eigenvalue weighted by atomic mass is 10.0. The molecule has 0 amide bonds. The minimum Gasteiger partial charge on any atom is -0.455 e. The Morgan fingerprint density at radius 3 is 1.91 bits per heavy atom. The van der Waals surface area contributed by atoms with E-state index < -0.39 is 0 Å². The third kappa shape index (κ3) is 2.08. The minimum absolute atomic E-state index is 0.839. The molecule has 8 aromatic rings. The van der Waals surface area contributed by atoms with E-state index in [4.69, 9.17) is 8.83 Å². The number of rotatable bonds is 1. The summed E-state index contributed by atoms with van der Waals surface area (Å²) in [5, 5.41) is 6.63. The lowest BCUT2D eigenvalue weighted by molar-refractivity contribution is 0.664. The highest BCUT2D eigenvalue weighted by molar-refractivity contribution is 6.38. The highest BCUT2D eigenvalue weighted by atomic mass is 16.3. The average molecular weight is 424 g/mol. The molecule has 4 aromatic heterocycles. The van der Waals surface area contributed by atoms with Gasteiger partial charge < -0.3 is 13.4 Å². The van der Waals surface area contributed by atoms with Gasteiger partial charge in [0.2, 0.25) is 0 Å². The van der Waals surface area contributed by atoms with E-state index in [-0.39, 0.29) is 0 Å². The average Bonchev–Trinajstić information content (AvgIpc) is 3.54. The number of pyridine rings is 1. The summed E-state index contributed by atoms with van der Waals surface area (Å²) in [6.45, 7) is 0. The lowest BCUT2D eigenvalue weighted by Gasteiger charge is -2.07. The molecule has 0 aliphatic rings. The highest BCUT2D eigenvalue weighted by Crippen LogP contribution is 2.48. The van der Waals surface area contributed by atoms with Gasteiger partial charge in [-0.1, -0.05) is 54.6 Å². The van der Waals surface area contributed by atoms with Crippen LogP contribution in [0.3, 0.4) is 0 Å². The zero-order valence-corrected chi connectivity index (χ0v) is 17.4. The largest absolute Gasteiger partial charge is 0.455 e. The summed E-state index contributed by atoms with van der Waals surface area (Å²) < 4.78 is 15.4. The van der Waals surface area contributed by atoms with Gasteiger partial charge in [0.1, 0.15) is 16.7 Å². The van der Waals surface area contributed by atoms with E-state index >= 15 is 0 Å². The van der Waals surface area contributed by atoms with E-state index in [0.29, 0.717) is 0 Å². The van der Waals surface area contributed by atoms with Crippen LogP contribution >= 0.6 is 0 Å². The number of para-hydroxylation sites is 3. The molecule has 0 bridgehead atoms. The Kier molecular flexibility index (Phi) is 3.11. The summed E-state index contributed by atoms with van der Waals surface area (Å²) in [6, 6.07) is 29.1. The van der Waals surface area contributed by atoms with Gasteiger partial charge in [-0.25, -0.2) is 0 Å². The Morgan fingerprint density at radius 2 is 1.15 bits per heavy atom. The Balaban J connectivity index is 1.80. The van der Waals surface area contributed by atoms with Gasteiger partial charge in [-0.2, -0.15) is 0 Å². The molecule has 33 heavy (non-hydrogen) atoms. The number of fused-ring (bicyclic) bond motifs is 12. The van der Waals surface area contributed by atoms with Crippen molar-refractivity contribution in [2.45, 2.75) is 0 Å². The molecule has 4 heteroatoms. The monoisotopic (exact) mass is 424 g/mol. The summed E-state index contributed by atoms with van der Waals surface area (Å²) >= 11 is 0. The molecular weight excluding hydrogens is 408 g/mol. The van der Waals surface area contributed by atoms with Crippen molar-refractivity contribution in [2.75, 3.05) is 0 Å². The first-order valence-corrected chi connectivity index (χ1v) is 11.0. The topological polar surface area (TPSA) is 44.1 Å². The van der Waals surface area contributed by atoms with Crippen LogP contribution in [0, 0.1) is 0 Å². The van der Waals surface area contributed by atoms with Crippen molar-refractivity contribution in [1.82, 2.24) is 9.55 Å².